The second-order valence-corrected chi connectivity index (χ2v) is 8.54. The number of amides is 2. The summed E-state index contributed by atoms with van der Waals surface area (Å²) in [5.74, 6) is 0.312. The maximum atomic E-state index is 13.0. The van der Waals surface area contributed by atoms with Gasteiger partial charge in [0.2, 0.25) is 11.8 Å². The number of halogens is 1. The summed E-state index contributed by atoms with van der Waals surface area (Å²) in [5.41, 5.74) is 0.359. The molecule has 0 saturated heterocycles. The highest BCUT2D eigenvalue weighted by atomic mass is 79.9. The molecule has 0 aromatic carbocycles. The van der Waals surface area contributed by atoms with Gasteiger partial charge in [-0.3, -0.25) is 9.59 Å². The van der Waals surface area contributed by atoms with Gasteiger partial charge in [-0.25, -0.2) is 4.98 Å². The third kappa shape index (κ3) is 4.43. The second kappa shape index (κ2) is 8.14. The molecule has 1 saturated carbocycles. The Morgan fingerprint density at radius 3 is 2.85 bits per heavy atom. The first-order valence-corrected chi connectivity index (χ1v) is 10.1. The van der Waals surface area contributed by atoms with Crippen molar-refractivity contribution in [3.05, 3.63) is 22.3 Å². The zero-order chi connectivity index (χ0) is 19.7. The first-order chi connectivity index (χ1) is 12.8. The molecule has 0 unspecified atom stereocenters. The van der Waals surface area contributed by atoms with Crippen molar-refractivity contribution in [2.45, 2.75) is 38.8 Å². The van der Waals surface area contributed by atoms with E-state index >= 15 is 0 Å². The summed E-state index contributed by atoms with van der Waals surface area (Å²) in [5, 5.41) is 9.60. The van der Waals surface area contributed by atoms with Crippen LogP contribution in [0.1, 0.15) is 37.0 Å². The molecule has 0 radical (unpaired) electrons. The Balaban J connectivity index is 1.90. The maximum absolute atomic E-state index is 13.0. The van der Waals surface area contributed by atoms with Crippen molar-refractivity contribution in [2.24, 2.45) is 11.8 Å². The lowest BCUT2D eigenvalue weighted by atomic mass is 10.00. The highest BCUT2D eigenvalue weighted by Gasteiger charge is 2.37. The number of likely N-dealkylation sites (N-methyl/N-ethyl adjacent to an activating group) is 1. The van der Waals surface area contributed by atoms with Gasteiger partial charge in [0.25, 0.3) is 5.91 Å². The van der Waals surface area contributed by atoms with Crippen LogP contribution in [0.25, 0.3) is 0 Å². The molecule has 3 atom stereocenters. The number of carbonyl (C=O) groups is 2. The van der Waals surface area contributed by atoms with Gasteiger partial charge in [-0.1, -0.05) is 6.92 Å². The number of aliphatic hydroxyl groups is 1. The Kier molecular flexibility index (Phi) is 6.05. The van der Waals surface area contributed by atoms with Crippen LogP contribution in [0, 0.1) is 11.8 Å². The topological polar surface area (TPSA) is 83.0 Å². The van der Waals surface area contributed by atoms with Crippen LogP contribution in [0.15, 0.2) is 16.7 Å². The minimum Gasteiger partial charge on any atom is -0.472 e. The van der Waals surface area contributed by atoms with Gasteiger partial charge >= 0.3 is 0 Å². The molecule has 1 aliphatic carbocycles. The van der Waals surface area contributed by atoms with Crippen LogP contribution in [0.3, 0.4) is 0 Å². The molecule has 1 N–H and O–H groups in total. The summed E-state index contributed by atoms with van der Waals surface area (Å²) in [6.07, 6.45) is 3.21. The van der Waals surface area contributed by atoms with Crippen LogP contribution in [0.4, 0.5) is 0 Å². The molecule has 2 amide bonds. The smallest absolute Gasteiger partial charge is 0.259 e. The quantitative estimate of drug-likeness (QED) is 0.757. The average molecular weight is 440 g/mol. The van der Waals surface area contributed by atoms with E-state index in [2.05, 4.69) is 20.9 Å². The summed E-state index contributed by atoms with van der Waals surface area (Å²) in [4.78, 5) is 33.1. The van der Waals surface area contributed by atoms with Crippen molar-refractivity contribution in [3.63, 3.8) is 0 Å². The number of aromatic nitrogens is 1. The minimum atomic E-state index is -0.323. The van der Waals surface area contributed by atoms with Crippen LogP contribution in [0.5, 0.6) is 5.88 Å². The fourth-order valence-corrected chi connectivity index (χ4v) is 3.63. The Morgan fingerprint density at radius 2 is 2.22 bits per heavy atom. The number of nitrogens with zero attached hydrogens (tertiary/aromatic N) is 3. The van der Waals surface area contributed by atoms with E-state index in [-0.39, 0.29) is 48.3 Å². The van der Waals surface area contributed by atoms with E-state index in [0.29, 0.717) is 23.1 Å². The monoisotopic (exact) mass is 439 g/mol. The molecule has 148 valence electrons. The molecule has 8 heteroatoms. The number of rotatable bonds is 5. The van der Waals surface area contributed by atoms with Crippen LogP contribution >= 0.6 is 15.9 Å². The van der Waals surface area contributed by atoms with E-state index in [1.807, 2.05) is 13.8 Å². The molecule has 7 nitrogen and oxygen atoms in total. The number of fused-ring (bicyclic) bond motifs is 1. The molecule has 3 rings (SSSR count). The average Bonchev–Trinajstić information content (AvgIpc) is 3.49. The van der Waals surface area contributed by atoms with Crippen molar-refractivity contribution in [3.8, 4) is 5.88 Å². The maximum Gasteiger partial charge on any atom is 0.259 e. The Morgan fingerprint density at radius 1 is 1.52 bits per heavy atom. The number of pyridine rings is 1. The minimum absolute atomic E-state index is 0.0315. The van der Waals surface area contributed by atoms with Crippen LogP contribution in [-0.2, 0) is 4.79 Å². The van der Waals surface area contributed by atoms with Gasteiger partial charge in [0, 0.05) is 36.1 Å². The molecule has 0 bridgehead atoms. The molecule has 27 heavy (non-hydrogen) atoms. The summed E-state index contributed by atoms with van der Waals surface area (Å²) in [6, 6.07) is 1.37. The molecule has 1 aromatic heterocycles. The third-order valence-electron chi connectivity index (χ3n) is 5.24. The first-order valence-electron chi connectivity index (χ1n) is 9.30. The zero-order valence-corrected chi connectivity index (χ0v) is 17.5. The molecule has 1 fully saturated rings. The number of aliphatic hydroxyl groups excluding tert-OH is 1. The molecule has 2 heterocycles. The molecule has 1 aromatic rings. The van der Waals surface area contributed by atoms with E-state index in [0.717, 1.165) is 12.8 Å². The zero-order valence-electron chi connectivity index (χ0n) is 15.9. The second-order valence-electron chi connectivity index (χ2n) is 7.62. The third-order valence-corrected chi connectivity index (χ3v) is 5.68. The van der Waals surface area contributed by atoms with Crippen LogP contribution in [0.2, 0.25) is 0 Å². The lowest BCUT2D eigenvalue weighted by Crippen LogP contribution is -2.50. The standard InChI is InChI=1S/C19H26BrN3O4/c1-11-8-23(12(2)10-24)19(26)15-6-14(20)7-21-17(15)27-16(11)9-22(3)18(25)13-4-5-13/h6-7,11-13,16,24H,4-5,8-10H2,1-3H3/t11-,12+,16-/m0/s1. The highest BCUT2D eigenvalue weighted by molar-refractivity contribution is 9.10. The fraction of sp³-hybridized carbons (Fsp3) is 0.632. The van der Waals surface area contributed by atoms with Crippen molar-refractivity contribution in [1.82, 2.24) is 14.8 Å². The number of ether oxygens (including phenoxy) is 1. The lowest BCUT2D eigenvalue weighted by molar-refractivity contribution is -0.132. The SMILES string of the molecule is C[C@H](CO)N1C[C@H](C)[C@H](CN(C)C(=O)C2CC2)Oc2ncc(Br)cc2C1=O. The van der Waals surface area contributed by atoms with Gasteiger partial charge in [-0.2, -0.15) is 0 Å². The van der Waals surface area contributed by atoms with Crippen molar-refractivity contribution < 1.29 is 19.4 Å². The molecular formula is C19H26BrN3O4. The van der Waals surface area contributed by atoms with Crippen LogP contribution in [-0.4, -0.2) is 70.6 Å². The normalized spacial score (nSPS) is 23.7. The summed E-state index contributed by atoms with van der Waals surface area (Å²) in [6.45, 7) is 4.55. The van der Waals surface area contributed by atoms with Gasteiger partial charge in [0.15, 0.2) is 0 Å². The van der Waals surface area contributed by atoms with Crippen molar-refractivity contribution >= 4 is 27.7 Å². The van der Waals surface area contributed by atoms with Gasteiger partial charge < -0.3 is 19.6 Å². The Hall–Kier alpha value is -1.67. The number of hydrogen-bond donors (Lipinski definition) is 1. The fourth-order valence-electron chi connectivity index (χ4n) is 3.30. The van der Waals surface area contributed by atoms with Gasteiger partial charge in [-0.05, 0) is 41.8 Å². The van der Waals surface area contributed by atoms with Gasteiger partial charge in [0.1, 0.15) is 11.7 Å². The van der Waals surface area contributed by atoms with Crippen molar-refractivity contribution in [2.75, 3.05) is 26.7 Å². The summed E-state index contributed by atoms with van der Waals surface area (Å²) in [7, 11) is 1.80. The lowest BCUT2D eigenvalue weighted by Gasteiger charge is -2.37. The Bertz CT molecular complexity index is 725. The van der Waals surface area contributed by atoms with Gasteiger partial charge in [0.05, 0.1) is 19.2 Å². The van der Waals surface area contributed by atoms with E-state index in [1.165, 1.54) is 0 Å². The van der Waals surface area contributed by atoms with Crippen LogP contribution < -0.4 is 4.74 Å². The van der Waals surface area contributed by atoms with E-state index in [1.54, 1.807) is 29.1 Å². The molecule has 0 spiro atoms. The first kappa shape index (κ1) is 20.1. The van der Waals surface area contributed by atoms with Gasteiger partial charge in [-0.15, -0.1) is 0 Å². The highest BCUT2D eigenvalue weighted by Crippen LogP contribution is 2.32. The molecule has 2 aliphatic rings. The number of carbonyl (C=O) groups excluding carboxylic acids is 2. The van der Waals surface area contributed by atoms with Crippen molar-refractivity contribution in [1.29, 1.82) is 0 Å². The number of hydrogen-bond acceptors (Lipinski definition) is 5. The summed E-state index contributed by atoms with van der Waals surface area (Å²) < 4.78 is 6.80. The Labute approximate surface area is 167 Å². The summed E-state index contributed by atoms with van der Waals surface area (Å²) >= 11 is 3.36. The molecule has 1 aliphatic heterocycles. The predicted molar refractivity (Wildman–Crippen MR) is 103 cm³/mol. The predicted octanol–water partition coefficient (Wildman–Crippen LogP) is 1.93. The van der Waals surface area contributed by atoms with E-state index in [4.69, 9.17) is 4.74 Å². The van der Waals surface area contributed by atoms with E-state index in [9.17, 15) is 14.7 Å². The molecular weight excluding hydrogens is 414 g/mol. The largest absolute Gasteiger partial charge is 0.472 e. The van der Waals surface area contributed by atoms with E-state index < -0.39 is 0 Å².